The lowest BCUT2D eigenvalue weighted by molar-refractivity contribution is 0.227. The predicted octanol–water partition coefficient (Wildman–Crippen LogP) is 0.501. The molecule has 0 aliphatic carbocycles. The summed E-state index contributed by atoms with van der Waals surface area (Å²) in [6, 6.07) is 3.78. The zero-order valence-corrected chi connectivity index (χ0v) is 9.83. The van der Waals surface area contributed by atoms with Crippen molar-refractivity contribution in [2.45, 2.75) is 19.9 Å². The summed E-state index contributed by atoms with van der Waals surface area (Å²) in [5, 5.41) is 21.1. The van der Waals surface area contributed by atoms with Gasteiger partial charge in [0, 0.05) is 12.2 Å². The van der Waals surface area contributed by atoms with Gasteiger partial charge in [0.1, 0.15) is 0 Å². The first-order chi connectivity index (χ1) is 7.60. The number of aliphatic hydroxyl groups excluding tert-OH is 2. The summed E-state index contributed by atoms with van der Waals surface area (Å²) in [7, 11) is 0. The van der Waals surface area contributed by atoms with Crippen LogP contribution in [0.25, 0.3) is 0 Å². The minimum absolute atomic E-state index is 0.00278. The van der Waals surface area contributed by atoms with Crippen LogP contribution in [0.2, 0.25) is 0 Å². The largest absolute Gasteiger partial charge is 0.398 e. The molecule has 4 heteroatoms. The fraction of sp³-hybridized carbons (Fsp3) is 0.500. The number of hydrogen-bond acceptors (Lipinski definition) is 4. The highest BCUT2D eigenvalue weighted by molar-refractivity contribution is 5.54. The summed E-state index contributed by atoms with van der Waals surface area (Å²) in [5.74, 6) is 0. The second-order valence-electron chi connectivity index (χ2n) is 3.98. The molecule has 0 amide bonds. The highest BCUT2D eigenvalue weighted by Crippen LogP contribution is 2.22. The summed E-state index contributed by atoms with van der Waals surface area (Å²) in [6.07, 6.45) is 0. The summed E-state index contributed by atoms with van der Waals surface area (Å²) in [4.78, 5) is 0. The Balaban J connectivity index is 2.92. The van der Waals surface area contributed by atoms with Crippen molar-refractivity contribution in [1.82, 2.24) is 5.32 Å². The zero-order valence-electron chi connectivity index (χ0n) is 9.83. The SMILES string of the molecule is Cc1cc(C(CO)NCCO)cc(C)c1N. The Hall–Kier alpha value is -1.10. The third kappa shape index (κ3) is 2.95. The number of benzene rings is 1. The van der Waals surface area contributed by atoms with Gasteiger partial charge in [-0.25, -0.2) is 0 Å². The van der Waals surface area contributed by atoms with E-state index in [1.807, 2.05) is 26.0 Å². The van der Waals surface area contributed by atoms with Gasteiger partial charge >= 0.3 is 0 Å². The molecule has 1 rings (SSSR count). The van der Waals surface area contributed by atoms with Gasteiger partial charge in [-0.05, 0) is 30.5 Å². The second-order valence-corrected chi connectivity index (χ2v) is 3.98. The van der Waals surface area contributed by atoms with E-state index in [1.165, 1.54) is 0 Å². The Kier molecular flexibility index (Phi) is 4.73. The van der Waals surface area contributed by atoms with Crippen LogP contribution in [0.1, 0.15) is 22.7 Å². The van der Waals surface area contributed by atoms with Gasteiger partial charge in [-0.1, -0.05) is 12.1 Å². The van der Waals surface area contributed by atoms with E-state index in [0.717, 1.165) is 22.4 Å². The molecule has 0 fully saturated rings. The lowest BCUT2D eigenvalue weighted by Crippen LogP contribution is -2.27. The number of nitrogens with two attached hydrogens (primary N) is 1. The molecule has 90 valence electrons. The number of anilines is 1. The molecule has 1 unspecified atom stereocenters. The highest BCUT2D eigenvalue weighted by atomic mass is 16.3. The van der Waals surface area contributed by atoms with Gasteiger partial charge in [0.25, 0.3) is 0 Å². The normalized spacial score (nSPS) is 12.8. The number of aliphatic hydroxyl groups is 2. The van der Waals surface area contributed by atoms with E-state index in [9.17, 15) is 5.11 Å². The van der Waals surface area contributed by atoms with Gasteiger partial charge in [0.15, 0.2) is 0 Å². The molecule has 1 atom stereocenters. The van der Waals surface area contributed by atoms with Crippen LogP contribution >= 0.6 is 0 Å². The van der Waals surface area contributed by atoms with Gasteiger partial charge in [-0.3, -0.25) is 0 Å². The third-order valence-electron chi connectivity index (χ3n) is 2.70. The summed E-state index contributed by atoms with van der Waals surface area (Å²) in [6.45, 7) is 4.43. The first-order valence-corrected chi connectivity index (χ1v) is 5.41. The fourth-order valence-corrected chi connectivity index (χ4v) is 1.74. The number of rotatable bonds is 5. The fourth-order valence-electron chi connectivity index (χ4n) is 1.74. The van der Waals surface area contributed by atoms with E-state index in [0.29, 0.717) is 6.54 Å². The average Bonchev–Trinajstić information content (AvgIpc) is 2.26. The Morgan fingerprint density at radius 1 is 1.25 bits per heavy atom. The summed E-state index contributed by atoms with van der Waals surface area (Å²) >= 11 is 0. The van der Waals surface area contributed by atoms with E-state index in [1.54, 1.807) is 0 Å². The molecule has 5 N–H and O–H groups in total. The molecular formula is C12H20N2O2. The minimum atomic E-state index is -0.148. The average molecular weight is 224 g/mol. The van der Waals surface area contributed by atoms with Crippen LogP contribution < -0.4 is 11.1 Å². The van der Waals surface area contributed by atoms with E-state index in [2.05, 4.69) is 5.32 Å². The number of nitrogen functional groups attached to an aromatic ring is 1. The van der Waals surface area contributed by atoms with Crippen LogP contribution in [0.5, 0.6) is 0 Å². The molecule has 0 radical (unpaired) electrons. The van der Waals surface area contributed by atoms with E-state index in [4.69, 9.17) is 10.8 Å². The minimum Gasteiger partial charge on any atom is -0.398 e. The lowest BCUT2D eigenvalue weighted by atomic mass is 10.00. The summed E-state index contributed by atoms with van der Waals surface area (Å²) in [5.41, 5.74) is 9.69. The smallest absolute Gasteiger partial charge is 0.0626 e. The van der Waals surface area contributed by atoms with Crippen LogP contribution in [-0.4, -0.2) is 30.0 Å². The monoisotopic (exact) mass is 224 g/mol. The first-order valence-electron chi connectivity index (χ1n) is 5.41. The van der Waals surface area contributed by atoms with E-state index < -0.39 is 0 Å². The van der Waals surface area contributed by atoms with Crippen LogP contribution in [-0.2, 0) is 0 Å². The van der Waals surface area contributed by atoms with E-state index >= 15 is 0 Å². The maximum Gasteiger partial charge on any atom is 0.0626 e. The third-order valence-corrected chi connectivity index (χ3v) is 2.70. The standard InChI is InChI=1S/C12H20N2O2/c1-8-5-10(6-9(2)12(8)13)11(7-16)14-3-4-15/h5-6,11,14-16H,3-4,7,13H2,1-2H3. The van der Waals surface area contributed by atoms with Gasteiger partial charge < -0.3 is 21.3 Å². The van der Waals surface area contributed by atoms with Crippen LogP contribution in [0.15, 0.2) is 12.1 Å². The molecule has 4 nitrogen and oxygen atoms in total. The van der Waals surface area contributed by atoms with Crippen molar-refractivity contribution in [2.75, 3.05) is 25.5 Å². The zero-order chi connectivity index (χ0) is 12.1. The molecule has 16 heavy (non-hydrogen) atoms. The molecule has 0 heterocycles. The molecule has 0 aliphatic heterocycles. The molecule has 0 aromatic heterocycles. The Labute approximate surface area is 96.1 Å². The predicted molar refractivity (Wildman–Crippen MR) is 65.2 cm³/mol. The van der Waals surface area contributed by atoms with Gasteiger partial charge in [0.05, 0.1) is 19.3 Å². The van der Waals surface area contributed by atoms with Crippen LogP contribution in [0.3, 0.4) is 0 Å². The van der Waals surface area contributed by atoms with Crippen LogP contribution in [0, 0.1) is 13.8 Å². The topological polar surface area (TPSA) is 78.5 Å². The number of nitrogens with one attached hydrogen (secondary N) is 1. The van der Waals surface area contributed by atoms with Crippen molar-refractivity contribution in [3.05, 3.63) is 28.8 Å². The molecular weight excluding hydrogens is 204 g/mol. The quantitative estimate of drug-likeness (QED) is 0.549. The lowest BCUT2D eigenvalue weighted by Gasteiger charge is -2.18. The second kappa shape index (κ2) is 5.84. The molecule has 0 aliphatic rings. The van der Waals surface area contributed by atoms with Crippen molar-refractivity contribution in [2.24, 2.45) is 0 Å². The van der Waals surface area contributed by atoms with Gasteiger partial charge in [-0.15, -0.1) is 0 Å². The Bertz CT molecular complexity index is 330. The first kappa shape index (κ1) is 13.0. The van der Waals surface area contributed by atoms with Crippen molar-refractivity contribution >= 4 is 5.69 Å². The molecule has 0 saturated heterocycles. The highest BCUT2D eigenvalue weighted by Gasteiger charge is 2.11. The summed E-state index contributed by atoms with van der Waals surface area (Å²) < 4.78 is 0. The Morgan fingerprint density at radius 3 is 2.25 bits per heavy atom. The van der Waals surface area contributed by atoms with Crippen molar-refractivity contribution < 1.29 is 10.2 Å². The maximum atomic E-state index is 9.28. The Morgan fingerprint density at radius 2 is 1.81 bits per heavy atom. The van der Waals surface area contributed by atoms with E-state index in [-0.39, 0.29) is 19.3 Å². The molecule has 1 aromatic carbocycles. The number of aryl methyl sites for hydroxylation is 2. The van der Waals surface area contributed by atoms with Gasteiger partial charge in [0.2, 0.25) is 0 Å². The van der Waals surface area contributed by atoms with Crippen molar-refractivity contribution in [3.8, 4) is 0 Å². The van der Waals surface area contributed by atoms with Crippen LogP contribution in [0.4, 0.5) is 5.69 Å². The molecule has 1 aromatic rings. The molecule has 0 saturated carbocycles. The maximum absolute atomic E-state index is 9.28. The van der Waals surface area contributed by atoms with Gasteiger partial charge in [-0.2, -0.15) is 0 Å². The molecule has 0 bridgehead atoms. The number of hydrogen-bond donors (Lipinski definition) is 4. The van der Waals surface area contributed by atoms with Crippen molar-refractivity contribution in [1.29, 1.82) is 0 Å². The molecule has 0 spiro atoms. The van der Waals surface area contributed by atoms with Crippen molar-refractivity contribution in [3.63, 3.8) is 0 Å².